The third-order valence-electron chi connectivity index (χ3n) is 4.00. The van der Waals surface area contributed by atoms with E-state index in [4.69, 9.17) is 0 Å². The fraction of sp³-hybridized carbons (Fsp3) is 0.647. The Labute approximate surface area is 124 Å². The predicted octanol–water partition coefficient (Wildman–Crippen LogP) is 4.10. The van der Waals surface area contributed by atoms with Crippen LogP contribution in [0.25, 0.3) is 0 Å². The monoisotopic (exact) mass is 294 g/mol. The summed E-state index contributed by atoms with van der Waals surface area (Å²) in [6, 6.07) is 0. The normalized spacial score (nSPS) is 21.4. The Bertz CT molecular complexity index is 593. The van der Waals surface area contributed by atoms with Crippen LogP contribution in [-0.2, 0) is 9.84 Å². The van der Waals surface area contributed by atoms with Crippen LogP contribution in [0.15, 0.2) is 21.6 Å². The average Bonchev–Trinajstić information content (AvgIpc) is 2.33. The van der Waals surface area contributed by atoms with Gasteiger partial charge in [0.05, 0.1) is 4.91 Å². The van der Waals surface area contributed by atoms with E-state index in [9.17, 15) is 8.42 Å². The van der Waals surface area contributed by atoms with Crippen LogP contribution in [0.3, 0.4) is 0 Å². The number of hydrogen-bond donors (Lipinski definition) is 0. The lowest BCUT2D eigenvalue weighted by Gasteiger charge is -2.28. The first-order chi connectivity index (χ1) is 9.18. The quantitative estimate of drug-likeness (QED) is 0.734. The van der Waals surface area contributed by atoms with Crippen molar-refractivity contribution in [1.82, 2.24) is 0 Å². The molecule has 0 N–H and O–H groups in total. The molecule has 0 aromatic carbocycles. The molecule has 0 saturated heterocycles. The zero-order chi connectivity index (χ0) is 15.5. The molecule has 0 aromatic rings. The van der Waals surface area contributed by atoms with Crippen LogP contribution in [0.2, 0.25) is 0 Å². The molecule has 1 atom stereocenters. The van der Waals surface area contributed by atoms with E-state index in [1.807, 2.05) is 0 Å². The van der Waals surface area contributed by atoms with Gasteiger partial charge in [-0.2, -0.15) is 0 Å². The molecule has 0 aliphatic heterocycles. The summed E-state index contributed by atoms with van der Waals surface area (Å²) in [7, 11) is -3.20. The second-order valence-corrected chi connectivity index (χ2v) is 8.24. The largest absolute Gasteiger partial charge is 0.224 e. The van der Waals surface area contributed by atoms with Gasteiger partial charge in [-0.1, -0.05) is 32.3 Å². The topological polar surface area (TPSA) is 34.1 Å². The zero-order valence-electron chi connectivity index (χ0n) is 13.5. The molecule has 1 aliphatic rings. The first-order valence-corrected chi connectivity index (χ1v) is 9.13. The minimum atomic E-state index is -3.20. The lowest BCUT2D eigenvalue weighted by atomic mass is 9.78. The van der Waals surface area contributed by atoms with E-state index in [-0.39, 0.29) is 0 Å². The fourth-order valence-electron chi connectivity index (χ4n) is 2.72. The molecule has 0 unspecified atom stereocenters. The third kappa shape index (κ3) is 3.99. The Morgan fingerprint density at radius 3 is 2.40 bits per heavy atom. The van der Waals surface area contributed by atoms with E-state index in [0.717, 1.165) is 18.4 Å². The minimum Gasteiger partial charge on any atom is -0.224 e. The van der Waals surface area contributed by atoms with Gasteiger partial charge in [0, 0.05) is 11.8 Å². The van der Waals surface area contributed by atoms with Gasteiger partial charge >= 0.3 is 0 Å². The van der Waals surface area contributed by atoms with Crippen molar-refractivity contribution in [2.24, 2.45) is 11.8 Å². The number of sulfone groups is 1. The molecule has 0 bridgehead atoms. The Morgan fingerprint density at radius 1 is 1.35 bits per heavy atom. The molecule has 0 fully saturated rings. The van der Waals surface area contributed by atoms with Crippen LogP contribution < -0.4 is 0 Å². The van der Waals surface area contributed by atoms with Crippen LogP contribution in [0.1, 0.15) is 53.9 Å². The predicted molar refractivity (Wildman–Crippen MR) is 85.9 cm³/mol. The van der Waals surface area contributed by atoms with Crippen molar-refractivity contribution in [3.63, 3.8) is 0 Å². The number of allylic oxidation sites excluding steroid dienone is 4. The van der Waals surface area contributed by atoms with Crippen LogP contribution in [0, 0.1) is 23.7 Å². The Hall–Kier alpha value is -1.01. The van der Waals surface area contributed by atoms with E-state index < -0.39 is 9.84 Å². The van der Waals surface area contributed by atoms with Gasteiger partial charge in [-0.15, -0.1) is 5.92 Å². The molecule has 112 valence electrons. The van der Waals surface area contributed by atoms with Gasteiger partial charge in [0.15, 0.2) is 9.84 Å². The van der Waals surface area contributed by atoms with Crippen LogP contribution >= 0.6 is 0 Å². The summed E-state index contributed by atoms with van der Waals surface area (Å²) in [6.07, 6.45) is 4.44. The molecule has 0 saturated carbocycles. The van der Waals surface area contributed by atoms with Gasteiger partial charge in [0.25, 0.3) is 0 Å². The van der Waals surface area contributed by atoms with E-state index in [0.29, 0.717) is 16.7 Å². The molecule has 20 heavy (non-hydrogen) atoms. The molecule has 0 aromatic heterocycles. The van der Waals surface area contributed by atoms with E-state index >= 15 is 0 Å². The lowest BCUT2D eigenvalue weighted by molar-refractivity contribution is 0.476. The zero-order valence-corrected chi connectivity index (χ0v) is 14.3. The first kappa shape index (κ1) is 17.0. The summed E-state index contributed by atoms with van der Waals surface area (Å²) in [6.45, 7) is 10.0. The van der Waals surface area contributed by atoms with Gasteiger partial charge < -0.3 is 0 Å². The van der Waals surface area contributed by atoms with E-state index in [2.05, 4.69) is 32.6 Å². The maximum absolute atomic E-state index is 11.9. The number of rotatable bonds is 3. The molecule has 0 spiro atoms. The lowest BCUT2D eigenvalue weighted by Crippen LogP contribution is -2.14. The molecule has 2 nitrogen and oxygen atoms in total. The summed E-state index contributed by atoms with van der Waals surface area (Å²) in [5, 5.41) is 0. The van der Waals surface area contributed by atoms with Crippen molar-refractivity contribution in [1.29, 1.82) is 0 Å². The van der Waals surface area contributed by atoms with Crippen molar-refractivity contribution in [3.8, 4) is 11.8 Å². The Kier molecular flexibility index (Phi) is 5.65. The molecule has 3 heteroatoms. The SMILES string of the molecule is CC#C/C(C1=C(C(C)C)CC[C@@H](C)C1)=C(/C)S(C)(=O)=O. The molecule has 1 aliphatic carbocycles. The molecular formula is C17H26O2S. The second kappa shape index (κ2) is 6.63. The van der Waals surface area contributed by atoms with Crippen LogP contribution in [0.4, 0.5) is 0 Å². The molecule has 1 rings (SSSR count). The summed E-state index contributed by atoms with van der Waals surface area (Å²) in [5.41, 5.74) is 3.30. The van der Waals surface area contributed by atoms with E-state index in [1.54, 1.807) is 13.8 Å². The molecule has 0 radical (unpaired) electrons. The molecule has 0 heterocycles. The van der Waals surface area contributed by atoms with Gasteiger partial charge in [0.2, 0.25) is 0 Å². The van der Waals surface area contributed by atoms with Crippen molar-refractivity contribution in [2.75, 3.05) is 6.26 Å². The summed E-state index contributed by atoms with van der Waals surface area (Å²) in [4.78, 5) is 0.411. The van der Waals surface area contributed by atoms with Crippen molar-refractivity contribution >= 4 is 9.84 Å². The Balaban J connectivity index is 3.56. The van der Waals surface area contributed by atoms with Gasteiger partial charge in [0.1, 0.15) is 0 Å². The van der Waals surface area contributed by atoms with Crippen molar-refractivity contribution in [3.05, 3.63) is 21.6 Å². The maximum atomic E-state index is 11.9. The highest BCUT2D eigenvalue weighted by atomic mass is 32.2. The number of hydrogen-bond acceptors (Lipinski definition) is 2. The van der Waals surface area contributed by atoms with Crippen LogP contribution in [0.5, 0.6) is 0 Å². The Morgan fingerprint density at radius 2 is 1.95 bits per heavy atom. The highest BCUT2D eigenvalue weighted by Crippen LogP contribution is 2.38. The summed E-state index contributed by atoms with van der Waals surface area (Å²) < 4.78 is 23.8. The van der Waals surface area contributed by atoms with Gasteiger partial charge in [-0.25, -0.2) is 8.42 Å². The smallest absolute Gasteiger partial charge is 0.172 e. The van der Waals surface area contributed by atoms with Crippen LogP contribution in [-0.4, -0.2) is 14.7 Å². The third-order valence-corrected chi connectivity index (χ3v) is 5.32. The van der Waals surface area contributed by atoms with Gasteiger partial charge in [-0.05, 0) is 50.5 Å². The summed E-state index contributed by atoms with van der Waals surface area (Å²) >= 11 is 0. The van der Waals surface area contributed by atoms with Crippen molar-refractivity contribution < 1.29 is 8.42 Å². The summed E-state index contributed by atoms with van der Waals surface area (Å²) in [5.74, 6) is 6.98. The fourth-order valence-corrected chi connectivity index (χ4v) is 3.27. The first-order valence-electron chi connectivity index (χ1n) is 7.24. The maximum Gasteiger partial charge on any atom is 0.172 e. The van der Waals surface area contributed by atoms with Crippen molar-refractivity contribution in [2.45, 2.75) is 53.9 Å². The minimum absolute atomic E-state index is 0.411. The molecule has 0 amide bonds. The highest BCUT2D eigenvalue weighted by Gasteiger charge is 2.24. The average molecular weight is 294 g/mol. The highest BCUT2D eigenvalue weighted by molar-refractivity contribution is 7.94. The standard InChI is InChI=1S/C17H26O2S/c1-7-8-16(14(5)20(6,18)19)17-11-13(4)9-10-15(17)12(2)3/h12-13H,9-11H2,1-6H3/b16-14+/t13-/m1/s1. The second-order valence-electron chi connectivity index (χ2n) is 6.08. The van der Waals surface area contributed by atoms with Gasteiger partial charge in [-0.3, -0.25) is 0 Å². The molecular weight excluding hydrogens is 268 g/mol. The van der Waals surface area contributed by atoms with E-state index in [1.165, 1.54) is 23.8 Å².